The molecule has 0 aromatic heterocycles. The molecule has 7 nitrogen and oxygen atoms in total. The molecule has 1 aliphatic heterocycles. The second-order valence-electron chi connectivity index (χ2n) is 7.91. The van der Waals surface area contributed by atoms with Crippen LogP contribution in [-0.4, -0.2) is 29.2 Å². The van der Waals surface area contributed by atoms with Gasteiger partial charge < -0.3 is 15.4 Å². The number of amides is 3. The molecular formula is C27H23Cl2N3O4. The standard InChI is InChI=1S/C27H23Cl2N3O4/c1-2-36-22-10-6-5-9-21(22)31-25(33)18-13-11-17(12-14-18)15-30-24-23(29)26(34)32(27(24)35)16-19-7-3-4-8-20(19)28/h3-14,30H,2,15-16H2,1H3,(H,31,33). The summed E-state index contributed by atoms with van der Waals surface area (Å²) >= 11 is 12.3. The van der Waals surface area contributed by atoms with E-state index in [-0.39, 0.29) is 29.7 Å². The van der Waals surface area contributed by atoms with Gasteiger partial charge in [-0.2, -0.15) is 0 Å². The summed E-state index contributed by atoms with van der Waals surface area (Å²) in [6.07, 6.45) is 0. The summed E-state index contributed by atoms with van der Waals surface area (Å²) < 4.78 is 5.55. The summed E-state index contributed by atoms with van der Waals surface area (Å²) in [6.45, 7) is 2.62. The fourth-order valence-electron chi connectivity index (χ4n) is 3.65. The second-order valence-corrected chi connectivity index (χ2v) is 8.70. The summed E-state index contributed by atoms with van der Waals surface area (Å²) in [4.78, 5) is 39.1. The van der Waals surface area contributed by atoms with Crippen LogP contribution in [0.4, 0.5) is 5.69 Å². The first kappa shape index (κ1) is 25.3. The number of ether oxygens (including phenoxy) is 1. The Balaban J connectivity index is 1.38. The van der Waals surface area contributed by atoms with Gasteiger partial charge in [0, 0.05) is 17.1 Å². The number of nitrogens with one attached hydrogen (secondary N) is 2. The van der Waals surface area contributed by atoms with Gasteiger partial charge in [-0.05, 0) is 48.4 Å². The maximum atomic E-state index is 12.8. The largest absolute Gasteiger partial charge is 0.492 e. The van der Waals surface area contributed by atoms with Crippen LogP contribution in [0.15, 0.2) is 83.5 Å². The van der Waals surface area contributed by atoms with E-state index in [0.29, 0.717) is 34.2 Å². The third-order valence-electron chi connectivity index (χ3n) is 5.52. The first-order valence-corrected chi connectivity index (χ1v) is 12.0. The van der Waals surface area contributed by atoms with E-state index < -0.39 is 11.8 Å². The van der Waals surface area contributed by atoms with Gasteiger partial charge >= 0.3 is 0 Å². The third-order valence-corrected chi connectivity index (χ3v) is 6.24. The number of imide groups is 1. The van der Waals surface area contributed by atoms with Gasteiger partial charge in [0.2, 0.25) is 0 Å². The highest BCUT2D eigenvalue weighted by Gasteiger charge is 2.37. The van der Waals surface area contributed by atoms with Crippen molar-refractivity contribution < 1.29 is 19.1 Å². The highest BCUT2D eigenvalue weighted by molar-refractivity contribution is 6.47. The molecular weight excluding hydrogens is 501 g/mol. The minimum Gasteiger partial charge on any atom is -0.492 e. The highest BCUT2D eigenvalue weighted by atomic mass is 35.5. The Labute approximate surface area is 218 Å². The SMILES string of the molecule is CCOc1ccccc1NC(=O)c1ccc(CNC2=C(Cl)C(=O)N(Cc3ccccc3Cl)C2=O)cc1. The van der Waals surface area contributed by atoms with Crippen molar-refractivity contribution in [2.75, 3.05) is 11.9 Å². The van der Waals surface area contributed by atoms with E-state index in [9.17, 15) is 14.4 Å². The monoisotopic (exact) mass is 523 g/mol. The predicted molar refractivity (Wildman–Crippen MR) is 139 cm³/mol. The lowest BCUT2D eigenvalue weighted by Gasteiger charge is -2.16. The number of halogens is 2. The van der Waals surface area contributed by atoms with E-state index in [1.165, 1.54) is 0 Å². The molecule has 0 saturated carbocycles. The molecule has 0 unspecified atom stereocenters. The second kappa shape index (κ2) is 11.3. The maximum Gasteiger partial charge on any atom is 0.278 e. The van der Waals surface area contributed by atoms with Gasteiger partial charge in [-0.25, -0.2) is 0 Å². The molecule has 3 aromatic rings. The van der Waals surface area contributed by atoms with Crippen molar-refractivity contribution in [3.63, 3.8) is 0 Å². The zero-order valence-electron chi connectivity index (χ0n) is 19.4. The van der Waals surface area contributed by atoms with Crippen molar-refractivity contribution in [3.8, 4) is 5.75 Å². The molecule has 1 heterocycles. The van der Waals surface area contributed by atoms with Crippen LogP contribution in [0, 0.1) is 0 Å². The Morgan fingerprint density at radius 2 is 1.61 bits per heavy atom. The van der Waals surface area contributed by atoms with Crippen LogP contribution in [0.3, 0.4) is 0 Å². The third kappa shape index (κ3) is 5.53. The zero-order chi connectivity index (χ0) is 25.7. The number of hydrogen-bond acceptors (Lipinski definition) is 5. The van der Waals surface area contributed by atoms with Crippen molar-refractivity contribution in [3.05, 3.63) is 105 Å². The first-order valence-electron chi connectivity index (χ1n) is 11.2. The Morgan fingerprint density at radius 1 is 0.917 bits per heavy atom. The van der Waals surface area contributed by atoms with Crippen molar-refractivity contribution in [2.24, 2.45) is 0 Å². The lowest BCUT2D eigenvalue weighted by Crippen LogP contribution is -2.33. The quantitative estimate of drug-likeness (QED) is 0.381. The number of anilines is 1. The van der Waals surface area contributed by atoms with Crippen LogP contribution in [0.25, 0.3) is 0 Å². The molecule has 3 amide bonds. The van der Waals surface area contributed by atoms with Gasteiger partial charge in [-0.15, -0.1) is 0 Å². The lowest BCUT2D eigenvalue weighted by atomic mass is 10.1. The van der Waals surface area contributed by atoms with E-state index in [1.807, 2.05) is 19.1 Å². The van der Waals surface area contributed by atoms with Crippen molar-refractivity contribution in [1.29, 1.82) is 0 Å². The minimum absolute atomic E-state index is 0.0228. The van der Waals surface area contributed by atoms with Crippen molar-refractivity contribution in [1.82, 2.24) is 10.2 Å². The van der Waals surface area contributed by atoms with Gasteiger partial charge in [0.05, 0.1) is 18.8 Å². The smallest absolute Gasteiger partial charge is 0.278 e. The van der Waals surface area contributed by atoms with Crippen molar-refractivity contribution in [2.45, 2.75) is 20.0 Å². The van der Waals surface area contributed by atoms with Crippen LogP contribution >= 0.6 is 23.2 Å². The summed E-state index contributed by atoms with van der Waals surface area (Å²) in [7, 11) is 0. The first-order chi connectivity index (χ1) is 17.4. The van der Waals surface area contributed by atoms with E-state index in [4.69, 9.17) is 27.9 Å². The number of benzene rings is 3. The molecule has 9 heteroatoms. The molecule has 0 saturated heterocycles. The Hall–Kier alpha value is -3.81. The van der Waals surface area contributed by atoms with Gasteiger partial charge in [0.1, 0.15) is 16.5 Å². The van der Waals surface area contributed by atoms with E-state index in [2.05, 4.69) is 10.6 Å². The average Bonchev–Trinajstić information content (AvgIpc) is 3.08. The Bertz CT molecular complexity index is 1340. The molecule has 2 N–H and O–H groups in total. The number of rotatable bonds is 9. The van der Waals surface area contributed by atoms with Gasteiger partial charge in [0.15, 0.2) is 0 Å². The molecule has 0 radical (unpaired) electrons. The van der Waals surface area contributed by atoms with Crippen LogP contribution in [0.5, 0.6) is 5.75 Å². The molecule has 1 aliphatic rings. The summed E-state index contributed by atoms with van der Waals surface area (Å²) in [6, 6.07) is 21.1. The molecule has 184 valence electrons. The molecule has 0 fully saturated rings. The fraction of sp³-hybridized carbons (Fsp3) is 0.148. The zero-order valence-corrected chi connectivity index (χ0v) is 20.9. The number of hydrogen-bond donors (Lipinski definition) is 2. The molecule has 0 spiro atoms. The van der Waals surface area contributed by atoms with Crippen LogP contribution in [-0.2, 0) is 22.7 Å². The van der Waals surface area contributed by atoms with E-state index in [1.54, 1.807) is 60.7 Å². The molecule has 36 heavy (non-hydrogen) atoms. The topological polar surface area (TPSA) is 87.7 Å². The minimum atomic E-state index is -0.580. The molecule has 0 atom stereocenters. The highest BCUT2D eigenvalue weighted by Crippen LogP contribution is 2.27. The van der Waals surface area contributed by atoms with Gasteiger partial charge in [0.25, 0.3) is 17.7 Å². The number of carbonyl (C=O) groups excluding carboxylic acids is 3. The number of carbonyl (C=O) groups is 3. The lowest BCUT2D eigenvalue weighted by molar-refractivity contribution is -0.138. The van der Waals surface area contributed by atoms with Crippen LogP contribution < -0.4 is 15.4 Å². The maximum absolute atomic E-state index is 12.8. The van der Waals surface area contributed by atoms with Crippen LogP contribution in [0.2, 0.25) is 5.02 Å². The number of nitrogens with zero attached hydrogens (tertiary/aromatic N) is 1. The number of para-hydroxylation sites is 2. The summed E-state index contributed by atoms with van der Waals surface area (Å²) in [5.74, 6) is -0.782. The normalized spacial score (nSPS) is 13.2. The average molecular weight is 524 g/mol. The van der Waals surface area contributed by atoms with Gasteiger partial charge in [-0.1, -0.05) is 65.7 Å². The molecule has 3 aromatic carbocycles. The Morgan fingerprint density at radius 3 is 2.33 bits per heavy atom. The Kier molecular flexibility index (Phi) is 7.93. The summed E-state index contributed by atoms with van der Waals surface area (Å²) in [5, 5.41) is 6.09. The van der Waals surface area contributed by atoms with Gasteiger partial charge in [-0.3, -0.25) is 19.3 Å². The molecule has 0 bridgehead atoms. The molecule has 4 rings (SSSR count). The molecule has 0 aliphatic carbocycles. The predicted octanol–water partition coefficient (Wildman–Crippen LogP) is 5.10. The van der Waals surface area contributed by atoms with E-state index >= 15 is 0 Å². The van der Waals surface area contributed by atoms with Crippen LogP contribution in [0.1, 0.15) is 28.4 Å². The summed E-state index contributed by atoms with van der Waals surface area (Å²) in [5.41, 5.74) is 2.51. The van der Waals surface area contributed by atoms with Crippen molar-refractivity contribution >= 4 is 46.6 Å². The van der Waals surface area contributed by atoms with E-state index in [0.717, 1.165) is 10.5 Å². The fourth-order valence-corrected chi connectivity index (χ4v) is 4.10.